The number of likely N-dealkylation sites (tertiary alicyclic amines) is 1. The topological polar surface area (TPSA) is 29.5 Å². The van der Waals surface area contributed by atoms with Crippen LogP contribution < -0.4 is 4.74 Å². The van der Waals surface area contributed by atoms with E-state index in [1.807, 2.05) is 44.2 Å². The van der Waals surface area contributed by atoms with Crippen LogP contribution >= 0.6 is 23.2 Å². The minimum absolute atomic E-state index is 0.0980. The number of piperidine rings is 4. The zero-order valence-corrected chi connectivity index (χ0v) is 27.2. The maximum Gasteiger partial charge on any atom is 0.227 e. The number of hydrogen-bond acceptors (Lipinski definition) is 2. The minimum Gasteiger partial charge on any atom is -0.491 e. The molecule has 0 radical (unpaired) electrons. The Morgan fingerprint density at radius 3 is 2.33 bits per heavy atom. The molecule has 43 heavy (non-hydrogen) atoms. The zero-order chi connectivity index (χ0) is 30.1. The van der Waals surface area contributed by atoms with E-state index in [0.29, 0.717) is 21.9 Å². The highest BCUT2D eigenvalue weighted by Crippen LogP contribution is 2.48. The van der Waals surface area contributed by atoms with E-state index in [0.717, 1.165) is 50.2 Å². The number of carbonyl (C=O) groups is 1. The van der Waals surface area contributed by atoms with Crippen LogP contribution in [-0.2, 0) is 22.0 Å². The van der Waals surface area contributed by atoms with Gasteiger partial charge in [-0.25, -0.2) is 0 Å². The Morgan fingerprint density at radius 1 is 0.884 bits per heavy atom. The Kier molecular flexibility index (Phi) is 8.84. The van der Waals surface area contributed by atoms with Gasteiger partial charge in [-0.1, -0.05) is 71.7 Å². The number of rotatable bonds is 9. The van der Waals surface area contributed by atoms with Gasteiger partial charge in [0, 0.05) is 49.6 Å². The van der Waals surface area contributed by atoms with E-state index in [1.54, 1.807) is 0 Å². The summed E-state index contributed by atoms with van der Waals surface area (Å²) in [4.78, 5) is 15.9. The van der Waals surface area contributed by atoms with Crippen molar-refractivity contribution in [3.63, 3.8) is 0 Å². The molecular formula is C37H45Cl2N2O2+. The van der Waals surface area contributed by atoms with Crippen LogP contribution in [0, 0.1) is 0 Å². The summed E-state index contributed by atoms with van der Waals surface area (Å²) in [6.45, 7) is 10.4. The van der Waals surface area contributed by atoms with Gasteiger partial charge in [0.05, 0.1) is 48.7 Å². The number of amides is 1. The molecule has 0 saturated carbocycles. The number of fused-ring (bicyclic) bond motifs is 3. The average molecular weight is 621 g/mol. The lowest BCUT2D eigenvalue weighted by Crippen LogP contribution is -2.64. The second-order valence-corrected chi connectivity index (χ2v) is 14.5. The van der Waals surface area contributed by atoms with Crippen molar-refractivity contribution >= 4 is 29.1 Å². The molecule has 7 rings (SSSR count). The second-order valence-electron chi connectivity index (χ2n) is 13.7. The molecule has 2 bridgehead atoms. The average Bonchev–Trinajstić information content (AvgIpc) is 3.03. The molecule has 4 nitrogen and oxygen atoms in total. The number of ether oxygens (including phenoxy) is 1. The van der Waals surface area contributed by atoms with Crippen molar-refractivity contribution in [3.8, 4) is 5.75 Å². The highest BCUT2D eigenvalue weighted by Gasteiger charge is 2.51. The Labute approximate surface area is 267 Å². The van der Waals surface area contributed by atoms with Gasteiger partial charge in [-0.05, 0) is 67.6 Å². The molecule has 228 valence electrons. The molecule has 0 N–H and O–H groups in total. The molecule has 4 aliphatic heterocycles. The lowest BCUT2D eigenvalue weighted by molar-refractivity contribution is -0.944. The first kappa shape index (κ1) is 30.5. The lowest BCUT2D eigenvalue weighted by atomic mass is 9.65. The monoisotopic (exact) mass is 619 g/mol. The van der Waals surface area contributed by atoms with Crippen LogP contribution in [0.1, 0.15) is 69.1 Å². The summed E-state index contributed by atoms with van der Waals surface area (Å²) < 4.78 is 7.09. The quantitative estimate of drug-likeness (QED) is 0.226. The molecular weight excluding hydrogens is 575 g/mol. The van der Waals surface area contributed by atoms with E-state index >= 15 is 0 Å². The molecule has 4 fully saturated rings. The van der Waals surface area contributed by atoms with Gasteiger partial charge in [-0.3, -0.25) is 4.79 Å². The standard InChI is InChI=1S/C37H45Cl2N2O2/c1-28(2)43-32-11-6-8-29(24-32)25-35(42)40-19-7-14-37(27-40,31-12-13-33(38)34(39)26-31)18-23-41-20-15-36(16-21-41,17-22-41)30-9-4-3-5-10-30/h3-6,8-13,24,26,28H,7,14-23,25,27H2,1-2H3/q+1. The molecule has 0 aromatic heterocycles. The first-order chi connectivity index (χ1) is 20.7. The van der Waals surface area contributed by atoms with Crippen molar-refractivity contribution in [2.45, 2.75) is 75.7 Å². The van der Waals surface area contributed by atoms with Gasteiger partial charge >= 0.3 is 0 Å². The summed E-state index contributed by atoms with van der Waals surface area (Å²) in [7, 11) is 0. The van der Waals surface area contributed by atoms with Gasteiger partial charge in [-0.2, -0.15) is 0 Å². The van der Waals surface area contributed by atoms with Crippen molar-refractivity contribution in [1.29, 1.82) is 0 Å². The number of quaternary nitrogens is 1. The van der Waals surface area contributed by atoms with Gasteiger partial charge in [-0.15, -0.1) is 0 Å². The molecule has 1 unspecified atom stereocenters. The summed E-state index contributed by atoms with van der Waals surface area (Å²) in [5.74, 6) is 0.999. The molecule has 0 aliphatic carbocycles. The van der Waals surface area contributed by atoms with Crippen molar-refractivity contribution in [1.82, 2.24) is 4.90 Å². The summed E-state index contributed by atoms with van der Waals surface area (Å²) in [5.41, 5.74) is 3.97. The van der Waals surface area contributed by atoms with Gasteiger partial charge in [0.1, 0.15) is 5.75 Å². The zero-order valence-electron chi connectivity index (χ0n) is 25.7. The van der Waals surface area contributed by atoms with E-state index in [2.05, 4.69) is 47.4 Å². The lowest BCUT2D eigenvalue weighted by Gasteiger charge is -2.56. The molecule has 1 atom stereocenters. The molecule has 3 aromatic carbocycles. The maximum atomic E-state index is 13.8. The molecule has 3 aromatic rings. The summed E-state index contributed by atoms with van der Waals surface area (Å²) in [6, 6.07) is 25.3. The Morgan fingerprint density at radius 2 is 1.63 bits per heavy atom. The van der Waals surface area contributed by atoms with Crippen molar-refractivity contribution in [2.75, 3.05) is 39.3 Å². The number of hydrogen-bond donors (Lipinski definition) is 0. The predicted molar refractivity (Wildman–Crippen MR) is 176 cm³/mol. The molecule has 4 saturated heterocycles. The van der Waals surface area contributed by atoms with E-state index in [4.69, 9.17) is 27.9 Å². The summed E-state index contributed by atoms with van der Waals surface area (Å²) in [5, 5.41) is 1.18. The van der Waals surface area contributed by atoms with Gasteiger partial charge in [0.2, 0.25) is 5.91 Å². The molecule has 6 heteroatoms. The smallest absolute Gasteiger partial charge is 0.227 e. The number of carbonyl (C=O) groups excluding carboxylic acids is 1. The van der Waals surface area contributed by atoms with Gasteiger partial charge in [0.15, 0.2) is 0 Å². The second kappa shape index (κ2) is 12.5. The number of benzene rings is 3. The van der Waals surface area contributed by atoms with Gasteiger partial charge in [0.25, 0.3) is 0 Å². The van der Waals surface area contributed by atoms with Crippen LogP contribution in [0.5, 0.6) is 5.75 Å². The van der Waals surface area contributed by atoms with Crippen LogP contribution in [0.25, 0.3) is 0 Å². The number of halogens is 2. The highest BCUT2D eigenvalue weighted by atomic mass is 35.5. The summed E-state index contributed by atoms with van der Waals surface area (Å²) in [6.07, 6.45) is 7.36. The van der Waals surface area contributed by atoms with Crippen LogP contribution in [0.15, 0.2) is 72.8 Å². The third-order valence-corrected chi connectivity index (χ3v) is 11.5. The van der Waals surface area contributed by atoms with Crippen molar-refractivity contribution in [2.24, 2.45) is 0 Å². The fourth-order valence-corrected chi connectivity index (χ4v) is 8.42. The van der Waals surface area contributed by atoms with E-state index in [1.165, 1.54) is 54.5 Å². The third kappa shape index (κ3) is 6.48. The number of nitrogens with zero attached hydrogens (tertiary/aromatic N) is 2. The van der Waals surface area contributed by atoms with Crippen LogP contribution in [0.4, 0.5) is 0 Å². The fourth-order valence-electron chi connectivity index (χ4n) is 8.12. The Balaban J connectivity index is 1.20. The largest absolute Gasteiger partial charge is 0.491 e. The SMILES string of the molecule is CC(C)Oc1cccc(CC(=O)N2CCCC(CC[N+]34CCC(c5ccccc5)(CC3)CC4)(c3ccc(Cl)c(Cl)c3)C2)c1. The van der Waals surface area contributed by atoms with E-state index < -0.39 is 0 Å². The molecule has 1 amide bonds. The molecule has 4 aliphatic rings. The molecule has 4 heterocycles. The van der Waals surface area contributed by atoms with Crippen molar-refractivity contribution in [3.05, 3.63) is 99.5 Å². The van der Waals surface area contributed by atoms with Crippen LogP contribution in [0.3, 0.4) is 0 Å². The van der Waals surface area contributed by atoms with Gasteiger partial charge < -0.3 is 14.1 Å². The Bertz CT molecular complexity index is 1420. The first-order valence-electron chi connectivity index (χ1n) is 16.1. The van der Waals surface area contributed by atoms with Crippen molar-refractivity contribution < 1.29 is 14.0 Å². The van der Waals surface area contributed by atoms with E-state index in [-0.39, 0.29) is 17.4 Å². The molecule has 0 spiro atoms. The van der Waals surface area contributed by atoms with E-state index in [9.17, 15) is 4.79 Å². The first-order valence-corrected chi connectivity index (χ1v) is 16.9. The maximum absolute atomic E-state index is 13.8. The van der Waals surface area contributed by atoms with Crippen LogP contribution in [0.2, 0.25) is 10.0 Å². The minimum atomic E-state index is -0.136. The Hall–Kier alpha value is -2.53. The third-order valence-electron chi connectivity index (χ3n) is 10.7. The summed E-state index contributed by atoms with van der Waals surface area (Å²) >= 11 is 13.0. The predicted octanol–water partition coefficient (Wildman–Crippen LogP) is 8.23. The fraction of sp³-hybridized carbons (Fsp3) is 0.486. The van der Waals surface area contributed by atoms with Crippen LogP contribution in [-0.4, -0.2) is 60.7 Å². The normalized spacial score (nSPS) is 27.0. The highest BCUT2D eigenvalue weighted by molar-refractivity contribution is 6.42.